The van der Waals surface area contributed by atoms with Crippen LogP contribution in [0.4, 0.5) is 5.00 Å². The van der Waals surface area contributed by atoms with Crippen molar-refractivity contribution in [3.63, 3.8) is 0 Å². The SMILES string of the molecule is CCN(C(=O)CN1CCOCC1)c1cc2[nH]c(C(=N)C3CCC(C)(C)CC3=N)cc2s1. The Morgan fingerprint density at radius 2 is 2.10 bits per heavy atom. The molecular formula is C23H33N5O2S. The van der Waals surface area contributed by atoms with Gasteiger partial charge in [0.05, 0.1) is 41.4 Å². The molecule has 0 aromatic carbocycles. The second-order valence-electron chi connectivity index (χ2n) is 9.44. The number of fused-ring (bicyclic) bond motifs is 1. The van der Waals surface area contributed by atoms with Crippen molar-refractivity contribution in [2.75, 3.05) is 44.3 Å². The van der Waals surface area contributed by atoms with E-state index in [4.69, 9.17) is 15.6 Å². The minimum absolute atomic E-state index is 0.0949. The molecular weight excluding hydrogens is 410 g/mol. The van der Waals surface area contributed by atoms with Crippen LogP contribution in [0.5, 0.6) is 0 Å². The smallest absolute Gasteiger partial charge is 0.241 e. The lowest BCUT2D eigenvalue weighted by atomic mass is 9.70. The number of hydrogen-bond donors (Lipinski definition) is 3. The summed E-state index contributed by atoms with van der Waals surface area (Å²) in [6, 6.07) is 4.03. The Morgan fingerprint density at radius 1 is 1.35 bits per heavy atom. The normalized spacial score (nSPS) is 22.0. The number of nitrogens with zero attached hydrogens (tertiary/aromatic N) is 2. The number of carbonyl (C=O) groups is 1. The molecule has 7 nitrogen and oxygen atoms in total. The van der Waals surface area contributed by atoms with Gasteiger partial charge in [-0.05, 0) is 43.7 Å². The first-order valence-electron chi connectivity index (χ1n) is 11.2. The summed E-state index contributed by atoms with van der Waals surface area (Å²) in [5.41, 5.74) is 3.10. The van der Waals surface area contributed by atoms with Crippen LogP contribution in [0.15, 0.2) is 12.1 Å². The fraction of sp³-hybridized carbons (Fsp3) is 0.609. The van der Waals surface area contributed by atoms with Crippen molar-refractivity contribution in [1.29, 1.82) is 10.8 Å². The molecule has 2 aliphatic rings. The minimum atomic E-state index is -0.0949. The molecule has 2 fully saturated rings. The first kappa shape index (κ1) is 22.2. The molecule has 3 heterocycles. The number of amides is 1. The number of likely N-dealkylation sites (N-methyl/N-ethyl adjacent to an activating group) is 1. The van der Waals surface area contributed by atoms with Crippen LogP contribution in [0.1, 0.15) is 45.7 Å². The van der Waals surface area contributed by atoms with E-state index in [1.165, 1.54) is 0 Å². The average Bonchev–Trinajstić information content (AvgIpc) is 3.27. The lowest BCUT2D eigenvalue weighted by Gasteiger charge is -2.35. The predicted molar refractivity (Wildman–Crippen MR) is 127 cm³/mol. The van der Waals surface area contributed by atoms with Gasteiger partial charge in [0.15, 0.2) is 0 Å². The van der Waals surface area contributed by atoms with Crippen molar-refractivity contribution >= 4 is 43.9 Å². The van der Waals surface area contributed by atoms with Crippen LogP contribution in [0.3, 0.4) is 0 Å². The minimum Gasteiger partial charge on any atom is -0.379 e. The summed E-state index contributed by atoms with van der Waals surface area (Å²) in [5.74, 6) is 0.0158. The van der Waals surface area contributed by atoms with Gasteiger partial charge in [0.1, 0.15) is 5.00 Å². The van der Waals surface area contributed by atoms with Gasteiger partial charge < -0.3 is 25.4 Å². The summed E-state index contributed by atoms with van der Waals surface area (Å²) in [5, 5.41) is 18.1. The number of hydrogen-bond acceptors (Lipinski definition) is 6. The quantitative estimate of drug-likeness (QED) is 0.586. The van der Waals surface area contributed by atoms with Crippen LogP contribution in [0.2, 0.25) is 0 Å². The van der Waals surface area contributed by atoms with Crippen LogP contribution in [-0.2, 0) is 9.53 Å². The molecule has 8 heteroatoms. The van der Waals surface area contributed by atoms with Crippen LogP contribution in [-0.4, -0.2) is 66.6 Å². The summed E-state index contributed by atoms with van der Waals surface area (Å²) in [4.78, 5) is 20.3. The molecule has 31 heavy (non-hydrogen) atoms. The highest BCUT2D eigenvalue weighted by atomic mass is 32.1. The number of ether oxygens (including phenoxy) is 1. The number of thiophene rings is 1. The number of aromatic amines is 1. The Balaban J connectivity index is 1.47. The number of H-pyrrole nitrogens is 1. The highest BCUT2D eigenvalue weighted by molar-refractivity contribution is 7.23. The zero-order valence-corrected chi connectivity index (χ0v) is 19.5. The van der Waals surface area contributed by atoms with Crippen molar-refractivity contribution in [3.05, 3.63) is 17.8 Å². The van der Waals surface area contributed by atoms with Gasteiger partial charge in [-0.25, -0.2) is 0 Å². The largest absolute Gasteiger partial charge is 0.379 e. The van der Waals surface area contributed by atoms with Gasteiger partial charge in [-0.3, -0.25) is 9.69 Å². The Hall–Kier alpha value is -2.03. The third-order valence-corrected chi connectivity index (χ3v) is 7.58. The van der Waals surface area contributed by atoms with Gasteiger partial charge >= 0.3 is 0 Å². The molecule has 168 valence electrons. The molecule has 0 spiro atoms. The summed E-state index contributed by atoms with van der Waals surface area (Å²) in [7, 11) is 0. The molecule has 2 aromatic heterocycles. The Kier molecular flexibility index (Phi) is 6.32. The monoisotopic (exact) mass is 443 g/mol. The highest BCUT2D eigenvalue weighted by Gasteiger charge is 2.34. The standard InChI is InChI=1S/C23H33N5O2S/c1-4-28(20(29)14-27-7-9-30-10-8-27)21-12-17-19(31-21)11-18(26-17)22(25)15-5-6-23(2,3)13-16(15)24/h11-12,15,24-26H,4-10,13-14H2,1-3H3. The first-order valence-corrected chi connectivity index (χ1v) is 12.0. The van der Waals surface area contributed by atoms with Crippen LogP contribution >= 0.6 is 11.3 Å². The molecule has 3 N–H and O–H groups in total. The van der Waals surface area contributed by atoms with E-state index < -0.39 is 0 Å². The maximum absolute atomic E-state index is 12.9. The number of anilines is 1. The lowest BCUT2D eigenvalue weighted by Crippen LogP contribution is -2.44. The van der Waals surface area contributed by atoms with Gasteiger partial charge in [-0.15, -0.1) is 11.3 Å². The lowest BCUT2D eigenvalue weighted by molar-refractivity contribution is -0.120. The van der Waals surface area contributed by atoms with Crippen molar-refractivity contribution in [3.8, 4) is 0 Å². The van der Waals surface area contributed by atoms with Crippen molar-refractivity contribution in [2.24, 2.45) is 11.3 Å². The third kappa shape index (κ3) is 4.76. The molecule has 1 atom stereocenters. The third-order valence-electron chi connectivity index (χ3n) is 6.48. The molecule has 4 rings (SSSR count). The molecule has 1 aliphatic carbocycles. The molecule has 0 bridgehead atoms. The Morgan fingerprint density at radius 3 is 2.74 bits per heavy atom. The summed E-state index contributed by atoms with van der Waals surface area (Å²) < 4.78 is 6.42. The van der Waals surface area contributed by atoms with E-state index in [1.807, 2.05) is 24.0 Å². The van der Waals surface area contributed by atoms with Crippen molar-refractivity contribution in [2.45, 2.75) is 40.0 Å². The molecule has 1 saturated heterocycles. The second-order valence-corrected chi connectivity index (χ2v) is 10.5. The van der Waals surface area contributed by atoms with Crippen molar-refractivity contribution < 1.29 is 9.53 Å². The van der Waals surface area contributed by atoms with Crippen molar-refractivity contribution in [1.82, 2.24) is 9.88 Å². The van der Waals surface area contributed by atoms with Crippen LogP contribution in [0, 0.1) is 22.2 Å². The van der Waals surface area contributed by atoms with Gasteiger partial charge in [0.25, 0.3) is 0 Å². The van der Waals surface area contributed by atoms with E-state index in [1.54, 1.807) is 11.3 Å². The first-order chi connectivity index (χ1) is 14.8. The van der Waals surface area contributed by atoms with E-state index in [9.17, 15) is 4.79 Å². The Bertz CT molecular complexity index is 954. The number of carbonyl (C=O) groups excluding carboxylic acids is 1. The van der Waals surface area contributed by atoms with Gasteiger partial charge in [0, 0.05) is 31.3 Å². The summed E-state index contributed by atoms with van der Waals surface area (Å²) >= 11 is 1.59. The van der Waals surface area contributed by atoms with Gasteiger partial charge in [-0.1, -0.05) is 13.8 Å². The maximum Gasteiger partial charge on any atom is 0.241 e. The molecule has 1 saturated carbocycles. The zero-order valence-electron chi connectivity index (χ0n) is 18.7. The second kappa shape index (κ2) is 8.84. The summed E-state index contributed by atoms with van der Waals surface area (Å²) in [6.07, 6.45) is 2.66. The van der Waals surface area contributed by atoms with E-state index in [-0.39, 0.29) is 17.2 Å². The number of morpholine rings is 1. The predicted octanol–water partition coefficient (Wildman–Crippen LogP) is 4.13. The molecule has 1 amide bonds. The van der Waals surface area contributed by atoms with E-state index in [2.05, 4.69) is 23.7 Å². The number of nitrogens with one attached hydrogen (secondary N) is 3. The van der Waals surface area contributed by atoms with E-state index in [0.717, 1.165) is 53.3 Å². The van der Waals surface area contributed by atoms with Crippen LogP contribution < -0.4 is 4.90 Å². The molecule has 1 aliphatic heterocycles. The fourth-order valence-electron chi connectivity index (χ4n) is 4.62. The summed E-state index contributed by atoms with van der Waals surface area (Å²) in [6.45, 7) is 10.4. The number of aromatic nitrogens is 1. The maximum atomic E-state index is 12.9. The zero-order chi connectivity index (χ0) is 22.2. The van der Waals surface area contributed by atoms with Gasteiger partial charge in [-0.2, -0.15) is 0 Å². The molecule has 1 unspecified atom stereocenters. The van der Waals surface area contributed by atoms with Gasteiger partial charge in [0.2, 0.25) is 5.91 Å². The molecule has 0 radical (unpaired) electrons. The van der Waals surface area contributed by atoms with E-state index >= 15 is 0 Å². The fourth-order valence-corrected chi connectivity index (χ4v) is 5.76. The average molecular weight is 444 g/mol. The van der Waals surface area contributed by atoms with Crippen LogP contribution in [0.25, 0.3) is 10.2 Å². The highest BCUT2D eigenvalue weighted by Crippen LogP contribution is 2.38. The Labute approximate surface area is 187 Å². The molecule has 2 aromatic rings. The number of rotatable bonds is 6. The topological polar surface area (TPSA) is 96.3 Å². The van der Waals surface area contributed by atoms with E-state index in [0.29, 0.717) is 37.7 Å².